The van der Waals surface area contributed by atoms with Gasteiger partial charge in [-0.05, 0) is 19.8 Å². The minimum atomic E-state index is -0.00179. The molecule has 0 aromatic heterocycles. The lowest BCUT2D eigenvalue weighted by atomic mass is 9.83. The molecule has 0 heterocycles. The highest BCUT2D eigenvalue weighted by Gasteiger charge is 2.29. The van der Waals surface area contributed by atoms with Crippen LogP contribution in [0.4, 0.5) is 4.79 Å². The van der Waals surface area contributed by atoms with E-state index < -0.39 is 0 Å². The molecule has 1 saturated carbocycles. The summed E-state index contributed by atoms with van der Waals surface area (Å²) in [6, 6.07) is 0.00449. The number of nitrogens with zero attached hydrogens (tertiary/aromatic N) is 1. The summed E-state index contributed by atoms with van der Waals surface area (Å²) >= 11 is 0. The summed E-state index contributed by atoms with van der Waals surface area (Å²) in [5.74, 6) is 0. The predicted molar refractivity (Wildman–Crippen MR) is 61.7 cm³/mol. The molecule has 1 aliphatic carbocycles. The van der Waals surface area contributed by atoms with E-state index in [-0.39, 0.29) is 11.6 Å². The van der Waals surface area contributed by atoms with Crippen LogP contribution in [0.3, 0.4) is 0 Å². The zero-order valence-corrected chi connectivity index (χ0v) is 9.88. The standard InChI is InChI=1S/C11H23N3O/c1-11(6-4-3-5-7-11)13-10(15)14(2)9-8-12/h3-9,12H2,1-2H3,(H,13,15). The lowest BCUT2D eigenvalue weighted by Gasteiger charge is -2.36. The summed E-state index contributed by atoms with van der Waals surface area (Å²) in [7, 11) is 1.79. The number of urea groups is 1. The number of carbonyl (C=O) groups excluding carboxylic acids is 1. The first-order valence-electron chi connectivity index (χ1n) is 5.81. The molecular weight excluding hydrogens is 190 g/mol. The largest absolute Gasteiger partial charge is 0.333 e. The molecule has 1 aliphatic rings. The molecule has 0 aliphatic heterocycles. The maximum absolute atomic E-state index is 11.8. The Morgan fingerprint density at radius 3 is 2.53 bits per heavy atom. The molecule has 0 spiro atoms. The molecule has 4 nitrogen and oxygen atoms in total. The van der Waals surface area contributed by atoms with E-state index in [0.29, 0.717) is 13.1 Å². The summed E-state index contributed by atoms with van der Waals surface area (Å²) in [4.78, 5) is 13.4. The van der Waals surface area contributed by atoms with E-state index >= 15 is 0 Å². The minimum Gasteiger partial charge on any atom is -0.333 e. The number of carbonyl (C=O) groups is 1. The van der Waals surface area contributed by atoms with E-state index in [0.717, 1.165) is 12.8 Å². The molecule has 88 valence electrons. The maximum Gasteiger partial charge on any atom is 0.317 e. The van der Waals surface area contributed by atoms with Gasteiger partial charge >= 0.3 is 6.03 Å². The number of rotatable bonds is 3. The summed E-state index contributed by atoms with van der Waals surface area (Å²) < 4.78 is 0. The molecule has 0 aromatic carbocycles. The molecule has 0 aromatic rings. The van der Waals surface area contributed by atoms with Gasteiger partial charge in [-0.25, -0.2) is 4.79 Å². The van der Waals surface area contributed by atoms with Gasteiger partial charge in [0.2, 0.25) is 0 Å². The number of nitrogens with one attached hydrogen (secondary N) is 1. The van der Waals surface area contributed by atoms with E-state index in [2.05, 4.69) is 12.2 Å². The number of amides is 2. The van der Waals surface area contributed by atoms with Crippen molar-refractivity contribution in [1.82, 2.24) is 10.2 Å². The van der Waals surface area contributed by atoms with Crippen LogP contribution in [0.1, 0.15) is 39.0 Å². The molecule has 15 heavy (non-hydrogen) atoms. The normalized spacial score (nSPS) is 19.7. The summed E-state index contributed by atoms with van der Waals surface area (Å²) in [6.45, 7) is 3.27. The Morgan fingerprint density at radius 1 is 1.40 bits per heavy atom. The molecule has 4 heteroatoms. The predicted octanol–water partition coefficient (Wildman–Crippen LogP) is 1.31. The van der Waals surface area contributed by atoms with Crippen molar-refractivity contribution in [3.05, 3.63) is 0 Å². The van der Waals surface area contributed by atoms with Gasteiger partial charge in [-0.3, -0.25) is 0 Å². The second-order valence-electron chi connectivity index (χ2n) is 4.76. The SMILES string of the molecule is CN(CCN)C(=O)NC1(C)CCCCC1. The van der Waals surface area contributed by atoms with E-state index in [1.807, 2.05) is 0 Å². The highest BCUT2D eigenvalue weighted by atomic mass is 16.2. The zero-order valence-electron chi connectivity index (χ0n) is 9.88. The summed E-state index contributed by atoms with van der Waals surface area (Å²) in [6.07, 6.45) is 5.92. The van der Waals surface area contributed by atoms with Crippen molar-refractivity contribution in [2.45, 2.75) is 44.6 Å². The average Bonchev–Trinajstić information content (AvgIpc) is 2.18. The van der Waals surface area contributed by atoms with Gasteiger partial charge in [0.1, 0.15) is 0 Å². The molecule has 0 radical (unpaired) electrons. The van der Waals surface area contributed by atoms with Gasteiger partial charge in [0, 0.05) is 25.7 Å². The molecule has 3 N–H and O–H groups in total. The molecule has 0 atom stereocenters. The molecule has 0 saturated heterocycles. The highest BCUT2D eigenvalue weighted by molar-refractivity contribution is 5.74. The second-order valence-corrected chi connectivity index (χ2v) is 4.76. The first-order chi connectivity index (χ1) is 7.07. The average molecular weight is 213 g/mol. The van der Waals surface area contributed by atoms with Crippen molar-refractivity contribution < 1.29 is 4.79 Å². The van der Waals surface area contributed by atoms with Gasteiger partial charge in [0.05, 0.1) is 0 Å². The molecule has 1 fully saturated rings. The monoisotopic (exact) mass is 213 g/mol. The van der Waals surface area contributed by atoms with Crippen molar-refractivity contribution in [2.75, 3.05) is 20.1 Å². The Labute approximate surface area is 92.2 Å². The lowest BCUT2D eigenvalue weighted by molar-refractivity contribution is 0.183. The number of hydrogen-bond acceptors (Lipinski definition) is 2. The molecule has 1 rings (SSSR count). The van der Waals surface area contributed by atoms with E-state index in [4.69, 9.17) is 5.73 Å². The fourth-order valence-corrected chi connectivity index (χ4v) is 2.11. The van der Waals surface area contributed by atoms with Crippen LogP contribution < -0.4 is 11.1 Å². The molecular formula is C11H23N3O. The Morgan fingerprint density at radius 2 is 2.00 bits per heavy atom. The smallest absolute Gasteiger partial charge is 0.317 e. The highest BCUT2D eigenvalue weighted by Crippen LogP contribution is 2.27. The Kier molecular flexibility index (Phi) is 4.39. The fraction of sp³-hybridized carbons (Fsp3) is 0.909. The molecule has 0 bridgehead atoms. The Balaban J connectivity index is 2.41. The summed E-state index contributed by atoms with van der Waals surface area (Å²) in [5, 5.41) is 3.11. The van der Waals surface area contributed by atoms with Crippen LogP contribution in [-0.2, 0) is 0 Å². The van der Waals surface area contributed by atoms with Crippen molar-refractivity contribution in [3.63, 3.8) is 0 Å². The van der Waals surface area contributed by atoms with Gasteiger partial charge in [-0.2, -0.15) is 0 Å². The minimum absolute atomic E-state index is 0.00179. The lowest BCUT2D eigenvalue weighted by Crippen LogP contribution is -2.52. The molecule has 2 amide bonds. The van der Waals surface area contributed by atoms with Crippen molar-refractivity contribution in [3.8, 4) is 0 Å². The van der Waals surface area contributed by atoms with Crippen LogP contribution in [-0.4, -0.2) is 36.6 Å². The van der Waals surface area contributed by atoms with Crippen LogP contribution in [0.25, 0.3) is 0 Å². The third-order valence-electron chi connectivity index (χ3n) is 3.18. The quantitative estimate of drug-likeness (QED) is 0.742. The van der Waals surface area contributed by atoms with E-state index in [1.54, 1.807) is 11.9 Å². The van der Waals surface area contributed by atoms with Gasteiger partial charge < -0.3 is 16.0 Å². The number of hydrogen-bond donors (Lipinski definition) is 2. The fourth-order valence-electron chi connectivity index (χ4n) is 2.11. The number of likely N-dealkylation sites (N-methyl/N-ethyl adjacent to an activating group) is 1. The van der Waals surface area contributed by atoms with Crippen LogP contribution in [0.15, 0.2) is 0 Å². The maximum atomic E-state index is 11.8. The first kappa shape index (κ1) is 12.3. The van der Waals surface area contributed by atoms with Crippen LogP contribution in [0.5, 0.6) is 0 Å². The van der Waals surface area contributed by atoms with Crippen molar-refractivity contribution in [2.24, 2.45) is 5.73 Å². The third-order valence-corrected chi connectivity index (χ3v) is 3.18. The van der Waals surface area contributed by atoms with Crippen LogP contribution >= 0.6 is 0 Å². The van der Waals surface area contributed by atoms with Gasteiger partial charge in [0.25, 0.3) is 0 Å². The topological polar surface area (TPSA) is 58.4 Å². The molecule has 0 unspecified atom stereocenters. The van der Waals surface area contributed by atoms with Crippen molar-refractivity contribution in [1.29, 1.82) is 0 Å². The van der Waals surface area contributed by atoms with Crippen molar-refractivity contribution >= 4 is 6.03 Å². The van der Waals surface area contributed by atoms with Gasteiger partial charge in [-0.1, -0.05) is 19.3 Å². The summed E-state index contributed by atoms with van der Waals surface area (Å²) in [5.41, 5.74) is 5.41. The third kappa shape index (κ3) is 3.70. The van der Waals surface area contributed by atoms with Crippen LogP contribution in [0.2, 0.25) is 0 Å². The van der Waals surface area contributed by atoms with Gasteiger partial charge in [-0.15, -0.1) is 0 Å². The second kappa shape index (κ2) is 5.35. The van der Waals surface area contributed by atoms with Gasteiger partial charge in [0.15, 0.2) is 0 Å². The zero-order chi connectivity index (χ0) is 11.3. The van der Waals surface area contributed by atoms with Crippen LogP contribution in [0, 0.1) is 0 Å². The van der Waals surface area contributed by atoms with E-state index in [9.17, 15) is 4.79 Å². The first-order valence-corrected chi connectivity index (χ1v) is 5.81. The number of nitrogens with two attached hydrogens (primary N) is 1. The Bertz CT molecular complexity index is 212. The van der Waals surface area contributed by atoms with E-state index in [1.165, 1.54) is 19.3 Å². The Hall–Kier alpha value is -0.770.